The molecule has 0 spiro atoms. The van der Waals surface area contributed by atoms with Gasteiger partial charge in [-0.3, -0.25) is 4.79 Å². The van der Waals surface area contributed by atoms with Gasteiger partial charge >= 0.3 is 0 Å². The van der Waals surface area contributed by atoms with E-state index in [0.29, 0.717) is 10.3 Å². The summed E-state index contributed by atoms with van der Waals surface area (Å²) < 4.78 is 1.50. The molecule has 130 valence electrons. The second-order valence-electron chi connectivity index (χ2n) is 6.42. The molecule has 5 nitrogen and oxygen atoms in total. The number of rotatable bonds is 6. The van der Waals surface area contributed by atoms with Crippen LogP contribution in [0.25, 0.3) is 0 Å². The molecule has 0 saturated heterocycles. The number of aliphatic hydroxyl groups is 1. The van der Waals surface area contributed by atoms with Gasteiger partial charge in [0.05, 0.1) is 6.07 Å². The number of carbonyl (C=O) groups excluding carboxylic acids is 1. The minimum atomic E-state index is -1.48. The lowest BCUT2D eigenvalue weighted by Crippen LogP contribution is -2.43. The molecule has 0 unspecified atom stereocenters. The van der Waals surface area contributed by atoms with Crippen molar-refractivity contribution in [3.05, 3.63) is 69.6 Å². The van der Waals surface area contributed by atoms with Crippen molar-refractivity contribution in [2.24, 2.45) is 0 Å². The Bertz CT molecular complexity index is 807. The molecule has 0 aliphatic rings. The number of carbonyl (C=O) groups is 1. The van der Waals surface area contributed by atoms with Gasteiger partial charge in [0, 0.05) is 23.0 Å². The van der Waals surface area contributed by atoms with E-state index in [0.717, 1.165) is 4.47 Å². The van der Waals surface area contributed by atoms with Crippen molar-refractivity contribution in [1.82, 2.24) is 0 Å². The van der Waals surface area contributed by atoms with E-state index in [-0.39, 0.29) is 24.3 Å². The Morgan fingerprint density at radius 1 is 1.28 bits per heavy atom. The summed E-state index contributed by atoms with van der Waals surface area (Å²) in [5.41, 5.74) is -1.89. The standard InChI is InChI=1S/C19H19BrN2O3/c1-18(2,24)17(23)10-11-19(13-21,14-6-8-15(20)9-7-14)16-5-3-4-12-22(16)25/h3-9,12,24H,10-11H2,1-2H3/t19-/m1/s1. The highest BCUT2D eigenvalue weighted by Gasteiger charge is 2.42. The quantitative estimate of drug-likeness (QED) is 0.593. The number of ketones is 1. The molecule has 0 saturated carbocycles. The highest BCUT2D eigenvalue weighted by atomic mass is 79.9. The van der Waals surface area contributed by atoms with Crippen LogP contribution in [0, 0.1) is 16.5 Å². The molecule has 2 aromatic rings. The third kappa shape index (κ3) is 4.06. The first kappa shape index (κ1) is 19.1. The first-order chi connectivity index (χ1) is 11.7. The van der Waals surface area contributed by atoms with Crippen LogP contribution in [0.15, 0.2) is 53.1 Å². The van der Waals surface area contributed by atoms with E-state index in [1.54, 1.807) is 42.5 Å². The van der Waals surface area contributed by atoms with Gasteiger partial charge in [-0.15, -0.1) is 0 Å². The van der Waals surface area contributed by atoms with Crippen LogP contribution in [-0.4, -0.2) is 16.5 Å². The third-order valence-corrected chi connectivity index (χ3v) is 4.73. The number of pyridine rings is 1. The summed E-state index contributed by atoms with van der Waals surface area (Å²) in [6.45, 7) is 2.83. The van der Waals surface area contributed by atoms with E-state index in [9.17, 15) is 20.4 Å². The number of nitriles is 1. The van der Waals surface area contributed by atoms with Gasteiger partial charge in [-0.05, 0) is 44.0 Å². The molecule has 0 amide bonds. The number of hydrogen-bond donors (Lipinski definition) is 1. The van der Waals surface area contributed by atoms with Crippen LogP contribution in [0.2, 0.25) is 0 Å². The topological polar surface area (TPSA) is 88.0 Å². The fraction of sp³-hybridized carbons (Fsp3) is 0.316. The number of halogens is 1. The minimum Gasteiger partial charge on any atom is -0.618 e. The van der Waals surface area contributed by atoms with Gasteiger partial charge in [-0.1, -0.05) is 28.1 Å². The molecule has 1 aromatic heterocycles. The molecule has 1 aromatic carbocycles. The van der Waals surface area contributed by atoms with Gasteiger partial charge in [0.1, 0.15) is 5.60 Å². The highest BCUT2D eigenvalue weighted by molar-refractivity contribution is 9.10. The van der Waals surface area contributed by atoms with Gasteiger partial charge in [-0.25, -0.2) is 0 Å². The molecule has 0 bridgehead atoms. The molecule has 1 heterocycles. The first-order valence-electron chi connectivity index (χ1n) is 7.82. The lowest BCUT2D eigenvalue weighted by molar-refractivity contribution is -0.616. The Kier molecular flexibility index (Phi) is 5.61. The smallest absolute Gasteiger partial charge is 0.217 e. The SMILES string of the molecule is CC(C)(O)C(=O)CC[C@@](C#N)(c1ccc(Br)cc1)c1cccc[n+]1[O-]. The monoisotopic (exact) mass is 402 g/mol. The molecule has 6 heteroatoms. The summed E-state index contributed by atoms with van der Waals surface area (Å²) in [6, 6.07) is 14.2. The van der Waals surface area contributed by atoms with Crippen molar-refractivity contribution < 1.29 is 14.6 Å². The van der Waals surface area contributed by atoms with Crippen LogP contribution < -0.4 is 4.73 Å². The van der Waals surface area contributed by atoms with Crippen LogP contribution >= 0.6 is 15.9 Å². The van der Waals surface area contributed by atoms with E-state index < -0.39 is 11.0 Å². The summed E-state index contributed by atoms with van der Waals surface area (Å²) in [5.74, 6) is -0.377. The second kappa shape index (κ2) is 7.34. The maximum Gasteiger partial charge on any atom is 0.217 e. The van der Waals surface area contributed by atoms with E-state index in [4.69, 9.17) is 0 Å². The fourth-order valence-corrected chi connectivity index (χ4v) is 2.96. The van der Waals surface area contributed by atoms with Crippen LogP contribution in [0.4, 0.5) is 0 Å². The summed E-state index contributed by atoms with van der Waals surface area (Å²) in [7, 11) is 0. The fourth-order valence-electron chi connectivity index (χ4n) is 2.70. The molecule has 1 N–H and O–H groups in total. The number of benzene rings is 1. The second-order valence-corrected chi connectivity index (χ2v) is 7.33. The van der Waals surface area contributed by atoms with Gasteiger partial charge in [-0.2, -0.15) is 9.99 Å². The van der Waals surface area contributed by atoms with Crippen LogP contribution in [0.3, 0.4) is 0 Å². The highest BCUT2D eigenvalue weighted by Crippen LogP contribution is 2.35. The van der Waals surface area contributed by atoms with Crippen LogP contribution in [0.5, 0.6) is 0 Å². The van der Waals surface area contributed by atoms with Crippen molar-refractivity contribution in [3.63, 3.8) is 0 Å². The van der Waals surface area contributed by atoms with Gasteiger partial charge < -0.3 is 10.3 Å². The Hall–Kier alpha value is -2.23. The number of hydrogen-bond acceptors (Lipinski definition) is 4. The molecule has 0 radical (unpaired) electrons. The van der Waals surface area contributed by atoms with Crippen LogP contribution in [-0.2, 0) is 10.2 Å². The lowest BCUT2D eigenvalue weighted by Gasteiger charge is -2.26. The Labute approximate surface area is 155 Å². The molecule has 0 aliphatic heterocycles. The largest absolute Gasteiger partial charge is 0.618 e. The van der Waals surface area contributed by atoms with Gasteiger partial charge in [0.15, 0.2) is 17.4 Å². The normalized spacial score (nSPS) is 13.7. The Balaban J connectivity index is 2.54. The zero-order chi connectivity index (χ0) is 18.7. The number of aromatic nitrogens is 1. The van der Waals surface area contributed by atoms with Crippen molar-refractivity contribution >= 4 is 21.7 Å². The molecule has 1 atom stereocenters. The van der Waals surface area contributed by atoms with E-state index in [1.165, 1.54) is 20.0 Å². The zero-order valence-corrected chi connectivity index (χ0v) is 15.7. The summed E-state index contributed by atoms with van der Waals surface area (Å²) >= 11 is 3.36. The number of nitrogens with zero attached hydrogens (tertiary/aromatic N) is 2. The van der Waals surface area contributed by atoms with Gasteiger partial charge in [0.25, 0.3) is 0 Å². The first-order valence-corrected chi connectivity index (χ1v) is 8.61. The van der Waals surface area contributed by atoms with Crippen molar-refractivity contribution in [2.45, 2.75) is 37.7 Å². The van der Waals surface area contributed by atoms with Crippen molar-refractivity contribution in [3.8, 4) is 6.07 Å². The predicted molar refractivity (Wildman–Crippen MR) is 96.5 cm³/mol. The van der Waals surface area contributed by atoms with E-state index >= 15 is 0 Å². The zero-order valence-electron chi connectivity index (χ0n) is 14.1. The maximum absolute atomic E-state index is 12.3. The van der Waals surface area contributed by atoms with Crippen LogP contribution in [0.1, 0.15) is 37.9 Å². The molecule has 25 heavy (non-hydrogen) atoms. The summed E-state index contributed by atoms with van der Waals surface area (Å²) in [6.07, 6.45) is 1.40. The summed E-state index contributed by atoms with van der Waals surface area (Å²) in [5, 5.41) is 32.2. The number of Topliss-reactive ketones (excluding diaryl/α,β-unsaturated/α-hetero) is 1. The molecular formula is C19H19BrN2O3. The van der Waals surface area contributed by atoms with Gasteiger partial charge in [0.2, 0.25) is 5.69 Å². The van der Waals surface area contributed by atoms with E-state index in [2.05, 4.69) is 22.0 Å². The van der Waals surface area contributed by atoms with E-state index in [1.807, 2.05) is 0 Å². The predicted octanol–water partition coefficient (Wildman–Crippen LogP) is 3.01. The third-order valence-electron chi connectivity index (χ3n) is 4.20. The van der Waals surface area contributed by atoms with Crippen molar-refractivity contribution in [1.29, 1.82) is 5.26 Å². The summed E-state index contributed by atoms with van der Waals surface area (Å²) in [4.78, 5) is 12.2. The average molecular weight is 403 g/mol. The average Bonchev–Trinajstić information content (AvgIpc) is 2.57. The maximum atomic E-state index is 12.3. The Morgan fingerprint density at radius 2 is 1.92 bits per heavy atom. The molecule has 0 aliphatic carbocycles. The Morgan fingerprint density at radius 3 is 2.44 bits per heavy atom. The molecule has 2 rings (SSSR count). The molecule has 0 fully saturated rings. The lowest BCUT2D eigenvalue weighted by atomic mass is 9.74. The molecular weight excluding hydrogens is 384 g/mol. The van der Waals surface area contributed by atoms with Crippen molar-refractivity contribution in [2.75, 3.05) is 0 Å². The minimum absolute atomic E-state index is 0.0258.